The lowest BCUT2D eigenvalue weighted by atomic mass is 10.3. The second kappa shape index (κ2) is 3.42. The van der Waals surface area contributed by atoms with E-state index < -0.39 is 5.82 Å². The van der Waals surface area contributed by atoms with Crippen molar-refractivity contribution >= 4 is 17.3 Å². The van der Waals surface area contributed by atoms with E-state index >= 15 is 0 Å². The summed E-state index contributed by atoms with van der Waals surface area (Å²) in [5.74, 6) is -0.455. The zero-order chi connectivity index (χ0) is 9.14. The molecular formula is C8H6ClFN2. The lowest BCUT2D eigenvalue weighted by Gasteiger charge is -2.09. The van der Waals surface area contributed by atoms with Crippen LogP contribution in [0.15, 0.2) is 18.2 Å². The van der Waals surface area contributed by atoms with Crippen molar-refractivity contribution < 1.29 is 4.39 Å². The summed E-state index contributed by atoms with van der Waals surface area (Å²) in [5, 5.41) is 8.88. The molecule has 0 aromatic heterocycles. The average molecular weight is 185 g/mol. The molecule has 4 heteroatoms. The zero-order valence-electron chi connectivity index (χ0n) is 6.38. The van der Waals surface area contributed by atoms with Gasteiger partial charge in [0, 0.05) is 12.1 Å². The maximum Gasteiger partial charge on any atom is 0.184 e. The van der Waals surface area contributed by atoms with Crippen LogP contribution in [0.25, 0.3) is 0 Å². The first kappa shape index (κ1) is 8.82. The van der Waals surface area contributed by atoms with Crippen molar-refractivity contribution in [2.45, 2.75) is 0 Å². The lowest BCUT2D eigenvalue weighted by Crippen LogP contribution is -2.09. The molecule has 0 amide bonds. The topological polar surface area (TPSA) is 27.0 Å². The van der Waals surface area contributed by atoms with Gasteiger partial charge in [-0.05, 0) is 18.2 Å². The third kappa shape index (κ3) is 1.66. The molecule has 0 N–H and O–H groups in total. The van der Waals surface area contributed by atoms with E-state index in [1.807, 2.05) is 0 Å². The second-order valence-corrected chi connectivity index (χ2v) is 2.69. The van der Waals surface area contributed by atoms with Crippen LogP contribution in [0.3, 0.4) is 0 Å². The molecule has 1 aromatic carbocycles. The molecule has 0 saturated carbocycles. The molecule has 1 aromatic rings. The van der Waals surface area contributed by atoms with Gasteiger partial charge in [-0.2, -0.15) is 5.26 Å². The Morgan fingerprint density at radius 2 is 2.25 bits per heavy atom. The van der Waals surface area contributed by atoms with Crippen LogP contribution in [0.2, 0.25) is 5.02 Å². The fourth-order valence-corrected chi connectivity index (χ4v) is 0.963. The number of nitrogens with zero attached hydrogens (tertiary/aromatic N) is 2. The molecule has 12 heavy (non-hydrogen) atoms. The van der Waals surface area contributed by atoms with Crippen LogP contribution in [0, 0.1) is 17.3 Å². The van der Waals surface area contributed by atoms with Crippen LogP contribution in [-0.4, -0.2) is 7.05 Å². The fraction of sp³-hybridized carbons (Fsp3) is 0.125. The fourth-order valence-electron chi connectivity index (χ4n) is 0.797. The standard InChI is InChI=1S/C8H6ClFN2/c1-12(5-11)8-4-6(9)2-3-7(8)10/h2-4H,1H3. The molecular weight excluding hydrogens is 179 g/mol. The molecule has 0 radical (unpaired) electrons. The van der Waals surface area contributed by atoms with E-state index in [0.29, 0.717) is 5.02 Å². The van der Waals surface area contributed by atoms with Crippen LogP contribution >= 0.6 is 11.6 Å². The van der Waals surface area contributed by atoms with Crippen molar-refractivity contribution in [3.63, 3.8) is 0 Å². The van der Waals surface area contributed by atoms with Crippen molar-refractivity contribution in [3.05, 3.63) is 29.0 Å². The van der Waals surface area contributed by atoms with Gasteiger partial charge in [0.15, 0.2) is 6.19 Å². The van der Waals surface area contributed by atoms with Gasteiger partial charge in [0.1, 0.15) is 5.82 Å². The highest BCUT2D eigenvalue weighted by Crippen LogP contribution is 2.21. The Bertz CT molecular complexity index is 332. The summed E-state index contributed by atoms with van der Waals surface area (Å²) < 4.78 is 13.0. The number of hydrogen-bond donors (Lipinski definition) is 0. The Kier molecular flexibility index (Phi) is 2.51. The minimum atomic E-state index is -0.455. The third-order valence-corrected chi connectivity index (χ3v) is 1.65. The van der Waals surface area contributed by atoms with Gasteiger partial charge in [0.05, 0.1) is 5.69 Å². The lowest BCUT2D eigenvalue weighted by molar-refractivity contribution is 0.628. The number of benzene rings is 1. The number of hydrogen-bond acceptors (Lipinski definition) is 2. The number of halogens is 2. The minimum absolute atomic E-state index is 0.185. The summed E-state index contributed by atoms with van der Waals surface area (Å²) in [6.07, 6.45) is 1.78. The largest absolute Gasteiger partial charge is 0.280 e. The normalized spacial score (nSPS) is 9.17. The molecule has 62 valence electrons. The van der Waals surface area contributed by atoms with Crippen LogP contribution in [-0.2, 0) is 0 Å². The summed E-state index contributed by atoms with van der Waals surface area (Å²) in [7, 11) is 1.47. The average Bonchev–Trinajstić information content (AvgIpc) is 2.08. The SMILES string of the molecule is CN(C#N)c1cc(Cl)ccc1F. The molecule has 0 fully saturated rings. The van der Waals surface area contributed by atoms with E-state index in [2.05, 4.69) is 0 Å². The molecule has 0 aliphatic rings. The van der Waals surface area contributed by atoms with E-state index in [9.17, 15) is 4.39 Å². The maximum atomic E-state index is 13.0. The van der Waals surface area contributed by atoms with Gasteiger partial charge in [-0.25, -0.2) is 4.39 Å². The van der Waals surface area contributed by atoms with Gasteiger partial charge in [-0.15, -0.1) is 0 Å². The number of nitriles is 1. The van der Waals surface area contributed by atoms with Gasteiger partial charge < -0.3 is 0 Å². The molecule has 0 aliphatic heterocycles. The van der Waals surface area contributed by atoms with E-state index in [-0.39, 0.29) is 5.69 Å². The van der Waals surface area contributed by atoms with Crippen LogP contribution in [0.5, 0.6) is 0 Å². The molecule has 0 bridgehead atoms. The molecule has 2 nitrogen and oxygen atoms in total. The molecule has 0 unspecified atom stereocenters. The smallest absolute Gasteiger partial charge is 0.184 e. The Labute approximate surface area is 74.8 Å². The summed E-state index contributed by atoms with van der Waals surface area (Å²) >= 11 is 5.62. The van der Waals surface area contributed by atoms with Crippen LogP contribution in [0.4, 0.5) is 10.1 Å². The Morgan fingerprint density at radius 1 is 1.58 bits per heavy atom. The van der Waals surface area contributed by atoms with E-state index in [0.717, 1.165) is 4.90 Å². The third-order valence-electron chi connectivity index (χ3n) is 1.42. The highest BCUT2D eigenvalue weighted by atomic mass is 35.5. The van der Waals surface area contributed by atoms with E-state index in [4.69, 9.17) is 16.9 Å². The second-order valence-electron chi connectivity index (χ2n) is 2.25. The first-order chi connectivity index (χ1) is 5.65. The van der Waals surface area contributed by atoms with Gasteiger partial charge in [-0.3, -0.25) is 4.90 Å². The summed E-state index contributed by atoms with van der Waals surface area (Å²) in [4.78, 5) is 1.11. The maximum absolute atomic E-state index is 13.0. The van der Waals surface area contributed by atoms with E-state index in [1.165, 1.54) is 25.2 Å². The monoisotopic (exact) mass is 184 g/mol. The Morgan fingerprint density at radius 3 is 2.83 bits per heavy atom. The predicted molar refractivity (Wildman–Crippen MR) is 45.4 cm³/mol. The van der Waals surface area contributed by atoms with Gasteiger partial charge >= 0.3 is 0 Å². The van der Waals surface area contributed by atoms with Crippen molar-refractivity contribution in [3.8, 4) is 6.19 Å². The Hall–Kier alpha value is -1.27. The van der Waals surface area contributed by atoms with E-state index in [1.54, 1.807) is 6.19 Å². The highest BCUT2D eigenvalue weighted by molar-refractivity contribution is 6.30. The number of anilines is 1. The molecule has 0 spiro atoms. The first-order valence-electron chi connectivity index (χ1n) is 3.23. The van der Waals surface area contributed by atoms with Crippen LogP contribution in [0.1, 0.15) is 0 Å². The molecule has 0 atom stereocenters. The van der Waals surface area contributed by atoms with Crippen molar-refractivity contribution in [2.75, 3.05) is 11.9 Å². The molecule has 0 heterocycles. The van der Waals surface area contributed by atoms with Gasteiger partial charge in [-0.1, -0.05) is 11.6 Å². The molecule has 0 saturated heterocycles. The highest BCUT2D eigenvalue weighted by Gasteiger charge is 2.06. The summed E-state index contributed by atoms with van der Waals surface area (Å²) in [6.45, 7) is 0. The predicted octanol–water partition coefficient (Wildman–Crippen LogP) is 2.40. The van der Waals surface area contributed by atoms with Crippen molar-refractivity contribution in [1.82, 2.24) is 0 Å². The van der Waals surface area contributed by atoms with Gasteiger partial charge in [0.2, 0.25) is 0 Å². The first-order valence-corrected chi connectivity index (χ1v) is 3.61. The van der Waals surface area contributed by atoms with Gasteiger partial charge in [0.25, 0.3) is 0 Å². The van der Waals surface area contributed by atoms with Crippen molar-refractivity contribution in [2.24, 2.45) is 0 Å². The van der Waals surface area contributed by atoms with Crippen molar-refractivity contribution in [1.29, 1.82) is 5.26 Å². The molecule has 1 rings (SSSR count). The minimum Gasteiger partial charge on any atom is -0.280 e. The summed E-state index contributed by atoms with van der Waals surface area (Å²) in [6, 6.07) is 4.07. The number of rotatable bonds is 1. The quantitative estimate of drug-likeness (QED) is 0.495. The molecule has 0 aliphatic carbocycles. The Balaban J connectivity index is 3.15. The van der Waals surface area contributed by atoms with Crippen LogP contribution < -0.4 is 4.90 Å². The zero-order valence-corrected chi connectivity index (χ0v) is 7.14. The summed E-state index contributed by atoms with van der Waals surface area (Å²) in [5.41, 5.74) is 0.185.